The van der Waals surface area contributed by atoms with Gasteiger partial charge >= 0.3 is 0 Å². The molecule has 4 nitrogen and oxygen atoms in total. The third kappa shape index (κ3) is 2.17. The lowest BCUT2D eigenvalue weighted by atomic mass is 10.0. The summed E-state index contributed by atoms with van der Waals surface area (Å²) in [6.45, 7) is 1.81. The van der Waals surface area contributed by atoms with Crippen LogP contribution in [0, 0.1) is 18.3 Å². The van der Waals surface area contributed by atoms with Crippen LogP contribution in [0.15, 0.2) is 17.1 Å². The van der Waals surface area contributed by atoms with Gasteiger partial charge in [0.25, 0.3) is 0 Å². The highest BCUT2D eigenvalue weighted by Gasteiger charge is 2.08. The minimum absolute atomic E-state index is 0.148. The monoisotopic (exact) mass is 177 g/mol. The van der Waals surface area contributed by atoms with Gasteiger partial charge in [0.1, 0.15) is 0 Å². The van der Waals surface area contributed by atoms with Crippen molar-refractivity contribution in [2.45, 2.75) is 19.4 Å². The van der Waals surface area contributed by atoms with E-state index in [2.05, 4.69) is 4.98 Å². The molecule has 0 unspecified atom stereocenters. The quantitative estimate of drug-likeness (QED) is 0.693. The molecule has 1 heterocycles. The topological polar surface area (TPSA) is 82.7 Å². The van der Waals surface area contributed by atoms with Crippen molar-refractivity contribution >= 4 is 0 Å². The highest BCUT2D eigenvalue weighted by molar-refractivity contribution is 5.25. The van der Waals surface area contributed by atoms with Crippen molar-refractivity contribution in [2.24, 2.45) is 5.73 Å². The van der Waals surface area contributed by atoms with Gasteiger partial charge in [0, 0.05) is 18.3 Å². The molecule has 0 saturated carbocycles. The van der Waals surface area contributed by atoms with Gasteiger partial charge in [-0.25, -0.2) is 0 Å². The molecule has 0 amide bonds. The van der Waals surface area contributed by atoms with Crippen LogP contribution in [-0.2, 0) is 0 Å². The van der Waals surface area contributed by atoms with Crippen LogP contribution >= 0.6 is 0 Å². The molecule has 3 N–H and O–H groups in total. The summed E-state index contributed by atoms with van der Waals surface area (Å²) in [6.07, 6.45) is 1.83. The molecule has 1 aromatic heterocycles. The molecule has 0 aliphatic rings. The van der Waals surface area contributed by atoms with Crippen LogP contribution in [0.1, 0.15) is 23.6 Å². The van der Waals surface area contributed by atoms with Gasteiger partial charge in [0.2, 0.25) is 5.56 Å². The fourth-order valence-electron chi connectivity index (χ4n) is 1.19. The summed E-state index contributed by atoms with van der Waals surface area (Å²) in [6, 6.07) is 3.15. The van der Waals surface area contributed by atoms with Crippen molar-refractivity contribution in [1.29, 1.82) is 5.26 Å². The number of pyridine rings is 1. The van der Waals surface area contributed by atoms with E-state index >= 15 is 0 Å². The van der Waals surface area contributed by atoms with Crippen molar-refractivity contribution in [2.75, 3.05) is 0 Å². The average Bonchev–Trinajstić information content (AvgIpc) is 2.04. The van der Waals surface area contributed by atoms with Crippen molar-refractivity contribution in [3.63, 3.8) is 0 Å². The molecule has 1 aromatic rings. The van der Waals surface area contributed by atoms with E-state index in [1.807, 2.05) is 13.0 Å². The Kier molecular flexibility index (Phi) is 2.83. The van der Waals surface area contributed by atoms with Crippen LogP contribution in [-0.4, -0.2) is 4.98 Å². The van der Waals surface area contributed by atoms with E-state index < -0.39 is 0 Å². The highest BCUT2D eigenvalue weighted by atomic mass is 16.1. The normalized spacial score (nSPS) is 12.1. The fourth-order valence-corrected chi connectivity index (χ4v) is 1.19. The summed E-state index contributed by atoms with van der Waals surface area (Å²) in [4.78, 5) is 13.4. The first kappa shape index (κ1) is 9.49. The minimum atomic E-state index is -0.318. The summed E-state index contributed by atoms with van der Waals surface area (Å²) in [5.41, 5.74) is 7.21. The maximum atomic E-state index is 10.9. The number of aryl methyl sites for hydroxylation is 1. The third-order valence-corrected chi connectivity index (χ3v) is 1.88. The average molecular weight is 177 g/mol. The van der Waals surface area contributed by atoms with Crippen LogP contribution in [0.25, 0.3) is 0 Å². The summed E-state index contributed by atoms with van der Waals surface area (Å²) in [5, 5.41) is 8.44. The molecule has 0 aliphatic heterocycles. The van der Waals surface area contributed by atoms with E-state index in [1.165, 1.54) is 6.07 Å². The fraction of sp³-hybridized carbons (Fsp3) is 0.333. The van der Waals surface area contributed by atoms with E-state index in [9.17, 15) is 4.79 Å². The van der Waals surface area contributed by atoms with Gasteiger partial charge in [0.05, 0.1) is 12.5 Å². The Hall–Kier alpha value is -1.60. The Morgan fingerprint density at radius 3 is 3.00 bits per heavy atom. The van der Waals surface area contributed by atoms with Crippen LogP contribution in [0.5, 0.6) is 0 Å². The van der Waals surface area contributed by atoms with Gasteiger partial charge in [-0.05, 0) is 18.1 Å². The van der Waals surface area contributed by atoms with Crippen LogP contribution in [0.3, 0.4) is 0 Å². The molecule has 0 saturated heterocycles. The number of nitriles is 1. The number of hydrogen-bond donors (Lipinski definition) is 2. The van der Waals surface area contributed by atoms with Gasteiger partial charge in [-0.1, -0.05) is 0 Å². The smallest absolute Gasteiger partial charge is 0.248 e. The predicted molar refractivity (Wildman–Crippen MR) is 49.0 cm³/mol. The highest BCUT2D eigenvalue weighted by Crippen LogP contribution is 2.14. The van der Waals surface area contributed by atoms with Crippen molar-refractivity contribution in [3.05, 3.63) is 33.7 Å². The number of nitrogens with two attached hydrogens (primary N) is 1. The zero-order chi connectivity index (χ0) is 9.84. The Morgan fingerprint density at radius 1 is 1.77 bits per heavy atom. The van der Waals surface area contributed by atoms with Gasteiger partial charge in [-0.2, -0.15) is 5.26 Å². The summed E-state index contributed by atoms with van der Waals surface area (Å²) >= 11 is 0. The van der Waals surface area contributed by atoms with E-state index in [4.69, 9.17) is 11.0 Å². The molecular formula is C9H11N3O. The zero-order valence-electron chi connectivity index (χ0n) is 7.37. The van der Waals surface area contributed by atoms with E-state index in [0.29, 0.717) is 0 Å². The van der Waals surface area contributed by atoms with Crippen molar-refractivity contribution in [1.82, 2.24) is 4.98 Å². The minimum Gasteiger partial charge on any atom is -0.329 e. The number of nitrogens with one attached hydrogen (secondary N) is 1. The van der Waals surface area contributed by atoms with Gasteiger partial charge in [-0.3, -0.25) is 4.79 Å². The second-order valence-electron chi connectivity index (χ2n) is 2.90. The molecule has 0 spiro atoms. The first-order valence-electron chi connectivity index (χ1n) is 3.97. The summed E-state index contributed by atoms with van der Waals surface area (Å²) < 4.78 is 0. The molecule has 68 valence electrons. The van der Waals surface area contributed by atoms with Crippen molar-refractivity contribution < 1.29 is 0 Å². The summed E-state index contributed by atoms with van der Waals surface area (Å²) in [7, 11) is 0. The number of rotatable bonds is 2. The number of nitrogens with zero attached hydrogens (tertiary/aromatic N) is 1. The first-order chi connectivity index (χ1) is 6.15. The molecule has 0 aliphatic carbocycles. The molecule has 0 fully saturated rings. The van der Waals surface area contributed by atoms with Crippen LogP contribution < -0.4 is 11.3 Å². The number of aromatic nitrogens is 1. The third-order valence-electron chi connectivity index (χ3n) is 1.88. The summed E-state index contributed by atoms with van der Waals surface area (Å²) in [5.74, 6) is 0. The Balaban J connectivity index is 3.03. The lowest BCUT2D eigenvalue weighted by molar-refractivity contribution is 0.736. The lowest BCUT2D eigenvalue weighted by Crippen LogP contribution is -2.14. The van der Waals surface area contributed by atoms with Crippen LogP contribution in [0.4, 0.5) is 0 Å². The number of hydrogen-bond acceptors (Lipinski definition) is 3. The molecule has 1 atom stereocenters. The lowest BCUT2D eigenvalue weighted by Gasteiger charge is -2.09. The van der Waals surface area contributed by atoms with Crippen LogP contribution in [0.2, 0.25) is 0 Å². The van der Waals surface area contributed by atoms with Gasteiger partial charge < -0.3 is 10.7 Å². The van der Waals surface area contributed by atoms with Gasteiger partial charge in [0.15, 0.2) is 0 Å². The maximum Gasteiger partial charge on any atom is 0.248 e. The molecule has 0 radical (unpaired) electrons. The Bertz CT molecular complexity index is 389. The number of aromatic amines is 1. The Morgan fingerprint density at radius 2 is 2.46 bits per heavy atom. The molecule has 13 heavy (non-hydrogen) atoms. The number of H-pyrrole nitrogens is 1. The zero-order valence-corrected chi connectivity index (χ0v) is 7.37. The molecule has 1 rings (SSSR count). The van der Waals surface area contributed by atoms with Gasteiger partial charge in [-0.15, -0.1) is 0 Å². The van der Waals surface area contributed by atoms with E-state index in [1.54, 1.807) is 6.20 Å². The van der Waals surface area contributed by atoms with E-state index in [0.717, 1.165) is 11.1 Å². The molecule has 0 aromatic carbocycles. The SMILES string of the molecule is Cc1cc(=O)[nH]cc1[C@H](N)CC#N. The second-order valence-corrected chi connectivity index (χ2v) is 2.90. The largest absolute Gasteiger partial charge is 0.329 e. The standard InChI is InChI=1S/C9H11N3O/c1-6-4-9(13)12-5-7(6)8(11)2-3-10/h4-5,8H,2,11H2,1H3,(H,12,13)/t8-/m1/s1. The maximum absolute atomic E-state index is 10.9. The van der Waals surface area contributed by atoms with E-state index in [-0.39, 0.29) is 18.0 Å². The predicted octanol–water partition coefficient (Wildman–Crippen LogP) is 0.597. The van der Waals surface area contributed by atoms with Crippen molar-refractivity contribution in [3.8, 4) is 6.07 Å². The second kappa shape index (κ2) is 3.87. The first-order valence-corrected chi connectivity index (χ1v) is 3.97. The molecule has 0 bridgehead atoms. The molecule has 4 heteroatoms. The molecular weight excluding hydrogens is 166 g/mol. The Labute approximate surface area is 76.0 Å².